The van der Waals surface area contributed by atoms with E-state index in [9.17, 15) is 4.79 Å². The van der Waals surface area contributed by atoms with Crippen molar-refractivity contribution in [2.75, 3.05) is 0 Å². The van der Waals surface area contributed by atoms with Gasteiger partial charge >= 0.3 is 0 Å². The van der Waals surface area contributed by atoms with Gasteiger partial charge < -0.3 is 9.88 Å². The zero-order chi connectivity index (χ0) is 17.1. The smallest absolute Gasteiger partial charge is 0.245 e. The summed E-state index contributed by atoms with van der Waals surface area (Å²) in [4.78, 5) is 12.4. The molecule has 0 spiro atoms. The molecular formula is C18H19ClN4O. The van der Waals surface area contributed by atoms with Crippen LogP contribution in [0.5, 0.6) is 0 Å². The third-order valence-corrected chi connectivity index (χ3v) is 4.17. The molecule has 0 aliphatic carbocycles. The summed E-state index contributed by atoms with van der Waals surface area (Å²) in [6.07, 6.45) is 7.15. The predicted molar refractivity (Wildman–Crippen MR) is 94.3 cm³/mol. The van der Waals surface area contributed by atoms with Crippen molar-refractivity contribution < 1.29 is 4.79 Å². The number of benzene rings is 1. The van der Waals surface area contributed by atoms with Crippen LogP contribution in [0.25, 0.3) is 5.69 Å². The molecule has 124 valence electrons. The number of carbonyl (C=O) groups is 1. The lowest BCUT2D eigenvalue weighted by Gasteiger charge is -2.19. The molecule has 1 aromatic carbocycles. The van der Waals surface area contributed by atoms with Crippen LogP contribution in [-0.4, -0.2) is 20.3 Å². The van der Waals surface area contributed by atoms with Crippen molar-refractivity contribution in [3.8, 4) is 5.69 Å². The standard InChI is InChI=1S/C18H19ClN4O/c1-13(21-18(24)14(2)23-12-16(19)11-20-23)15-6-5-7-17(10-15)22-8-3-4-9-22/h3-14H,1-2H3,(H,21,24). The Hall–Kier alpha value is -2.53. The van der Waals surface area contributed by atoms with Crippen molar-refractivity contribution in [2.24, 2.45) is 0 Å². The Morgan fingerprint density at radius 3 is 2.62 bits per heavy atom. The third kappa shape index (κ3) is 3.51. The summed E-state index contributed by atoms with van der Waals surface area (Å²) in [7, 11) is 0. The van der Waals surface area contributed by atoms with Crippen LogP contribution in [0.1, 0.15) is 31.5 Å². The zero-order valence-corrected chi connectivity index (χ0v) is 14.3. The molecule has 2 aromatic heterocycles. The first-order valence-electron chi connectivity index (χ1n) is 7.78. The molecule has 2 atom stereocenters. The Bertz CT molecular complexity index is 825. The Kier molecular flexibility index (Phi) is 4.71. The second-order valence-electron chi connectivity index (χ2n) is 5.73. The lowest BCUT2D eigenvalue weighted by atomic mass is 10.1. The highest BCUT2D eigenvalue weighted by Gasteiger charge is 2.18. The molecule has 0 aliphatic heterocycles. The van der Waals surface area contributed by atoms with Crippen LogP contribution in [-0.2, 0) is 4.79 Å². The third-order valence-electron chi connectivity index (χ3n) is 3.98. The van der Waals surface area contributed by atoms with E-state index in [1.165, 1.54) is 6.20 Å². The van der Waals surface area contributed by atoms with Gasteiger partial charge in [0.2, 0.25) is 5.91 Å². The van der Waals surface area contributed by atoms with Gasteiger partial charge in [0.1, 0.15) is 6.04 Å². The Morgan fingerprint density at radius 1 is 1.21 bits per heavy atom. The van der Waals surface area contributed by atoms with Crippen molar-refractivity contribution in [3.05, 3.63) is 71.8 Å². The second-order valence-corrected chi connectivity index (χ2v) is 6.17. The van der Waals surface area contributed by atoms with Crippen molar-refractivity contribution >= 4 is 17.5 Å². The van der Waals surface area contributed by atoms with E-state index < -0.39 is 6.04 Å². The molecule has 24 heavy (non-hydrogen) atoms. The van der Waals surface area contributed by atoms with E-state index in [0.717, 1.165) is 11.3 Å². The van der Waals surface area contributed by atoms with Gasteiger partial charge in [0.25, 0.3) is 0 Å². The number of aromatic nitrogens is 3. The van der Waals surface area contributed by atoms with E-state index in [4.69, 9.17) is 11.6 Å². The molecule has 1 N–H and O–H groups in total. The Balaban J connectivity index is 1.71. The van der Waals surface area contributed by atoms with Crippen molar-refractivity contribution in [2.45, 2.75) is 25.9 Å². The molecule has 6 heteroatoms. The highest BCUT2D eigenvalue weighted by Crippen LogP contribution is 2.18. The van der Waals surface area contributed by atoms with Gasteiger partial charge in [-0.05, 0) is 43.7 Å². The molecule has 0 fully saturated rings. The minimum absolute atomic E-state index is 0.103. The van der Waals surface area contributed by atoms with Gasteiger partial charge in [-0.2, -0.15) is 5.10 Å². The van der Waals surface area contributed by atoms with Crippen molar-refractivity contribution in [3.63, 3.8) is 0 Å². The Morgan fingerprint density at radius 2 is 1.96 bits per heavy atom. The lowest BCUT2D eigenvalue weighted by Crippen LogP contribution is -2.33. The SMILES string of the molecule is CC(NC(=O)C(C)n1cc(Cl)cn1)c1cccc(-n2cccc2)c1. The van der Waals surface area contributed by atoms with E-state index in [0.29, 0.717) is 5.02 Å². The average molecular weight is 343 g/mol. The molecule has 3 rings (SSSR count). The summed E-state index contributed by atoms with van der Waals surface area (Å²) in [6, 6.07) is 11.5. The Labute approximate surface area is 145 Å². The van der Waals surface area contributed by atoms with Crippen LogP contribution < -0.4 is 5.32 Å². The first kappa shape index (κ1) is 16.3. The van der Waals surface area contributed by atoms with Gasteiger partial charge in [-0.25, -0.2) is 0 Å². The maximum absolute atomic E-state index is 12.4. The summed E-state index contributed by atoms with van der Waals surface area (Å²) in [5, 5.41) is 7.63. The molecule has 0 saturated carbocycles. The van der Waals surface area contributed by atoms with Crippen LogP contribution in [0.15, 0.2) is 61.2 Å². The van der Waals surface area contributed by atoms with E-state index in [2.05, 4.69) is 16.5 Å². The van der Waals surface area contributed by atoms with Gasteiger partial charge in [-0.3, -0.25) is 9.48 Å². The minimum atomic E-state index is -0.424. The number of halogens is 1. The van der Waals surface area contributed by atoms with Gasteiger partial charge in [-0.1, -0.05) is 23.7 Å². The van der Waals surface area contributed by atoms with Gasteiger partial charge in [0.15, 0.2) is 0 Å². The minimum Gasteiger partial charge on any atom is -0.348 e. The van der Waals surface area contributed by atoms with E-state index in [-0.39, 0.29) is 11.9 Å². The monoisotopic (exact) mass is 342 g/mol. The highest BCUT2D eigenvalue weighted by atomic mass is 35.5. The molecule has 0 bridgehead atoms. The average Bonchev–Trinajstić information content (AvgIpc) is 3.25. The fraction of sp³-hybridized carbons (Fsp3) is 0.222. The first-order valence-corrected chi connectivity index (χ1v) is 8.16. The van der Waals surface area contributed by atoms with Crippen LogP contribution in [0.2, 0.25) is 5.02 Å². The summed E-state index contributed by atoms with van der Waals surface area (Å²) in [5.74, 6) is -0.103. The quantitative estimate of drug-likeness (QED) is 0.767. The number of nitrogens with zero attached hydrogens (tertiary/aromatic N) is 3. The molecule has 0 radical (unpaired) electrons. The molecule has 5 nitrogen and oxygen atoms in total. The number of nitrogens with one attached hydrogen (secondary N) is 1. The maximum Gasteiger partial charge on any atom is 0.245 e. The van der Waals surface area contributed by atoms with Gasteiger partial charge in [0, 0.05) is 24.3 Å². The van der Waals surface area contributed by atoms with Gasteiger partial charge in [0.05, 0.1) is 17.3 Å². The molecule has 2 heterocycles. The number of hydrogen-bond donors (Lipinski definition) is 1. The summed E-state index contributed by atoms with van der Waals surface area (Å²) >= 11 is 5.86. The normalized spacial score (nSPS) is 13.5. The predicted octanol–water partition coefficient (Wildman–Crippen LogP) is 3.77. The molecule has 2 unspecified atom stereocenters. The number of amides is 1. The molecule has 0 saturated heterocycles. The van der Waals surface area contributed by atoms with Crippen LogP contribution >= 0.6 is 11.6 Å². The van der Waals surface area contributed by atoms with Crippen LogP contribution in [0.3, 0.4) is 0 Å². The summed E-state index contributed by atoms with van der Waals surface area (Å²) < 4.78 is 3.59. The molecule has 3 aromatic rings. The fourth-order valence-electron chi connectivity index (χ4n) is 2.53. The number of carbonyl (C=O) groups excluding carboxylic acids is 1. The largest absolute Gasteiger partial charge is 0.348 e. The van der Waals surface area contributed by atoms with E-state index in [1.54, 1.807) is 17.8 Å². The molecule has 0 aliphatic rings. The zero-order valence-electron chi connectivity index (χ0n) is 13.6. The molecular weight excluding hydrogens is 324 g/mol. The summed E-state index contributed by atoms with van der Waals surface area (Å²) in [5.41, 5.74) is 2.10. The second kappa shape index (κ2) is 6.93. The van der Waals surface area contributed by atoms with Crippen LogP contribution in [0.4, 0.5) is 0 Å². The summed E-state index contributed by atoms with van der Waals surface area (Å²) in [6.45, 7) is 3.76. The van der Waals surface area contributed by atoms with Crippen molar-refractivity contribution in [1.29, 1.82) is 0 Å². The maximum atomic E-state index is 12.4. The highest BCUT2D eigenvalue weighted by molar-refractivity contribution is 6.30. The van der Waals surface area contributed by atoms with E-state index >= 15 is 0 Å². The number of hydrogen-bond acceptors (Lipinski definition) is 2. The first-order chi connectivity index (χ1) is 11.5. The lowest BCUT2D eigenvalue weighted by molar-refractivity contribution is -0.124. The number of rotatable bonds is 5. The van der Waals surface area contributed by atoms with Crippen molar-refractivity contribution in [1.82, 2.24) is 19.7 Å². The molecule has 1 amide bonds. The topological polar surface area (TPSA) is 51.9 Å². The van der Waals surface area contributed by atoms with E-state index in [1.807, 2.05) is 54.2 Å². The van der Waals surface area contributed by atoms with Gasteiger partial charge in [-0.15, -0.1) is 0 Å². The fourth-order valence-corrected chi connectivity index (χ4v) is 2.67. The van der Waals surface area contributed by atoms with Crippen LogP contribution in [0, 0.1) is 0 Å².